The second kappa shape index (κ2) is 4.20. The number of nitrogens with zero attached hydrogens (tertiary/aromatic N) is 1. The molecule has 7 nitrogen and oxygen atoms in total. The lowest BCUT2D eigenvalue weighted by atomic mass is 10.2. The Hall–Kier alpha value is -1.44. The number of rotatable bonds is 2. The summed E-state index contributed by atoms with van der Waals surface area (Å²) in [6, 6.07) is 1.20. The zero-order valence-corrected chi connectivity index (χ0v) is 8.37. The molecule has 1 fully saturated rings. The number of H-pyrrole nitrogens is 1. The summed E-state index contributed by atoms with van der Waals surface area (Å²) >= 11 is 0. The van der Waals surface area contributed by atoms with E-state index in [1.165, 1.54) is 16.8 Å². The highest BCUT2D eigenvalue weighted by atomic mass is 16.6. The van der Waals surface area contributed by atoms with Crippen molar-refractivity contribution < 1.29 is 14.9 Å². The molecule has 88 valence electrons. The zero-order valence-electron chi connectivity index (χ0n) is 8.37. The highest BCUT2D eigenvalue weighted by Crippen LogP contribution is 2.26. The largest absolute Gasteiger partial charge is 0.394 e. The van der Waals surface area contributed by atoms with Crippen LogP contribution in [0.25, 0.3) is 0 Å². The maximum atomic E-state index is 11.4. The molecule has 3 atom stereocenters. The van der Waals surface area contributed by atoms with Crippen LogP contribution in [0.5, 0.6) is 0 Å². The topological polar surface area (TPSA) is 105 Å². The van der Waals surface area contributed by atoms with Gasteiger partial charge >= 0.3 is 5.69 Å². The molecule has 1 aromatic rings. The van der Waals surface area contributed by atoms with Crippen molar-refractivity contribution in [2.45, 2.75) is 24.9 Å². The van der Waals surface area contributed by atoms with Crippen LogP contribution in [0.4, 0.5) is 0 Å². The molecule has 0 saturated carbocycles. The Labute approximate surface area is 89.9 Å². The Bertz CT molecular complexity index is 479. The molecule has 1 unspecified atom stereocenters. The lowest BCUT2D eigenvalue weighted by Gasteiger charge is -2.13. The first-order valence-electron chi connectivity index (χ1n) is 4.87. The monoisotopic (exact) mass is 231 g/mol. The van der Waals surface area contributed by atoms with Crippen molar-refractivity contribution in [3.05, 3.63) is 33.1 Å². The average Bonchev–Trinajstić information content (AvgIpc) is 2.59. The van der Waals surface area contributed by atoms with Crippen LogP contribution in [0.2, 0.25) is 0 Å². The Balaban J connectivity index is 2.27. The van der Waals surface area contributed by atoms with Crippen LogP contribution in [-0.2, 0) is 4.74 Å². The first-order valence-corrected chi connectivity index (χ1v) is 4.87. The molecule has 1 saturated heterocycles. The van der Waals surface area contributed by atoms with Crippen LogP contribution >= 0.6 is 0 Å². The van der Waals surface area contributed by atoms with E-state index in [0.29, 0.717) is 0 Å². The maximum absolute atomic E-state index is 11.4. The van der Waals surface area contributed by atoms with Crippen molar-refractivity contribution in [1.29, 1.82) is 0 Å². The molecular formula is C9H12N2O5. The van der Waals surface area contributed by atoms with Gasteiger partial charge in [-0.1, -0.05) is 0 Å². The van der Waals surface area contributed by atoms with Gasteiger partial charge in [0.15, 0.2) is 0 Å². The normalized spacial score (nSPS) is 29.5. The molecule has 0 amide bonds. The number of ether oxygens (including phenoxy) is 1. The third-order valence-electron chi connectivity index (χ3n) is 2.55. The van der Waals surface area contributed by atoms with Crippen LogP contribution in [0.1, 0.15) is 12.6 Å². The second-order valence-electron chi connectivity index (χ2n) is 3.63. The quantitative estimate of drug-likeness (QED) is 0.555. The van der Waals surface area contributed by atoms with E-state index in [0.717, 1.165) is 0 Å². The lowest BCUT2D eigenvalue weighted by molar-refractivity contribution is -0.0459. The van der Waals surface area contributed by atoms with Crippen molar-refractivity contribution in [3.8, 4) is 0 Å². The van der Waals surface area contributed by atoms with Gasteiger partial charge in [0.1, 0.15) is 12.3 Å². The third-order valence-corrected chi connectivity index (χ3v) is 2.55. The third kappa shape index (κ3) is 1.92. The van der Waals surface area contributed by atoms with Crippen LogP contribution in [0.15, 0.2) is 21.9 Å². The summed E-state index contributed by atoms with van der Waals surface area (Å²) in [5, 5.41) is 18.4. The second-order valence-corrected chi connectivity index (χ2v) is 3.63. The highest BCUT2D eigenvalue weighted by molar-refractivity contribution is 4.88. The van der Waals surface area contributed by atoms with Gasteiger partial charge in [0.25, 0.3) is 5.56 Å². The SMILES string of the molecule is O=c1cc[15n]([C@@H]2CC(O)[C@H](CO)O2)[13c](=O)[15nH]1. The Morgan fingerprint density at radius 3 is 2.88 bits per heavy atom. The Morgan fingerprint density at radius 2 is 2.31 bits per heavy atom. The summed E-state index contributed by atoms with van der Waals surface area (Å²) in [4.78, 5) is 24.3. The minimum Gasteiger partial charge on any atom is -0.394 e. The van der Waals surface area contributed by atoms with Gasteiger partial charge in [-0.25, -0.2) is 4.79 Å². The summed E-state index contributed by atoms with van der Waals surface area (Å²) in [6.07, 6.45) is -0.649. The molecule has 16 heavy (non-hydrogen) atoms. The number of aliphatic hydroxyl groups is 2. The minimum atomic E-state index is -0.811. The standard InChI is InChI=1S/C9H12N2O5/c12-4-6-5(13)3-8(16-6)11-2-1-7(14)10-9(11)15/h1-2,5-6,8,12-13H,3-4H2,(H,10,14,15)/t5?,6-,8-/m0/s1/i9+1,10+1,11+1. The van der Waals surface area contributed by atoms with Crippen molar-refractivity contribution in [1.82, 2.24) is 9.55 Å². The van der Waals surface area contributed by atoms with E-state index in [-0.39, 0.29) is 13.0 Å². The van der Waals surface area contributed by atoms with E-state index >= 15 is 0 Å². The highest BCUT2D eigenvalue weighted by Gasteiger charge is 2.34. The summed E-state index contributed by atoms with van der Waals surface area (Å²) in [6.45, 7) is -0.310. The van der Waals surface area contributed by atoms with Gasteiger partial charge in [-0.3, -0.25) is 14.3 Å². The van der Waals surface area contributed by atoms with Crippen molar-refractivity contribution >= 4 is 0 Å². The fourth-order valence-electron chi connectivity index (χ4n) is 1.70. The number of hydrogen-bond acceptors (Lipinski definition) is 5. The number of nitrogens with one attached hydrogen (secondary N) is 1. The van der Waals surface area contributed by atoms with Crippen molar-refractivity contribution in [2.75, 3.05) is 6.61 Å². The van der Waals surface area contributed by atoms with Gasteiger partial charge in [-0.2, -0.15) is 0 Å². The molecule has 0 aromatic carbocycles. The van der Waals surface area contributed by atoms with Gasteiger partial charge in [0.05, 0.1) is 12.7 Å². The number of aliphatic hydroxyl groups excluding tert-OH is 2. The van der Waals surface area contributed by atoms with Crippen LogP contribution in [0.3, 0.4) is 0 Å². The predicted molar refractivity (Wildman–Crippen MR) is 52.9 cm³/mol. The van der Waals surface area contributed by atoms with E-state index in [1.54, 1.807) is 0 Å². The van der Waals surface area contributed by atoms with E-state index < -0.39 is 29.7 Å². The molecule has 1 aliphatic rings. The molecule has 0 spiro atoms. The van der Waals surface area contributed by atoms with E-state index in [9.17, 15) is 14.7 Å². The summed E-state index contributed by atoms with van der Waals surface area (Å²) in [5.74, 6) is 0. The number of aromatic amines is 1. The van der Waals surface area contributed by atoms with Crippen molar-refractivity contribution in [3.63, 3.8) is 0 Å². The molecule has 2 heterocycles. The first kappa shape index (κ1) is 11.1. The molecular weight excluding hydrogens is 219 g/mol. The summed E-state index contributed by atoms with van der Waals surface area (Å²) in [5.41, 5.74) is -1.08. The molecule has 0 radical (unpaired) electrons. The minimum absolute atomic E-state index is 0.206. The number of aromatic nitrogens is 2. The van der Waals surface area contributed by atoms with Gasteiger partial charge in [-0.05, 0) is 0 Å². The lowest BCUT2D eigenvalue weighted by Crippen LogP contribution is -2.31. The Kier molecular flexibility index (Phi) is 2.90. The first-order chi connectivity index (χ1) is 7.61. The molecule has 1 aliphatic heterocycles. The molecule has 0 bridgehead atoms. The van der Waals surface area contributed by atoms with E-state index in [1.807, 2.05) is 0 Å². The van der Waals surface area contributed by atoms with Gasteiger partial charge in [0.2, 0.25) is 0 Å². The average molecular weight is 231 g/mol. The molecule has 2 rings (SSSR count). The molecule has 1 aromatic heterocycles. The molecule has 3 N–H and O–H groups in total. The maximum Gasteiger partial charge on any atom is 0.330 e. The van der Waals surface area contributed by atoms with Gasteiger partial charge < -0.3 is 14.9 Å². The van der Waals surface area contributed by atoms with Crippen molar-refractivity contribution in [2.24, 2.45) is 0 Å². The van der Waals surface area contributed by atoms with E-state index in [4.69, 9.17) is 9.84 Å². The molecule has 0 aliphatic carbocycles. The summed E-state index contributed by atoms with van der Waals surface area (Å²) in [7, 11) is 0. The smallest absolute Gasteiger partial charge is 0.330 e. The summed E-state index contributed by atoms with van der Waals surface area (Å²) < 4.78 is 6.45. The fourth-order valence-corrected chi connectivity index (χ4v) is 1.70. The van der Waals surface area contributed by atoms with Crippen LogP contribution < -0.4 is 11.2 Å². The molecule has 7 heteroatoms. The van der Waals surface area contributed by atoms with Crippen LogP contribution in [-0.4, -0.2) is 38.6 Å². The predicted octanol–water partition coefficient (Wildman–Crippen LogP) is -1.82. The fraction of sp³-hybridized carbons (Fsp3) is 0.556. The Morgan fingerprint density at radius 1 is 1.56 bits per heavy atom. The van der Waals surface area contributed by atoms with Crippen LogP contribution in [0, 0.1) is 0 Å². The van der Waals surface area contributed by atoms with Gasteiger partial charge in [0, 0.05) is 18.7 Å². The van der Waals surface area contributed by atoms with Gasteiger partial charge in [-0.15, -0.1) is 0 Å². The zero-order chi connectivity index (χ0) is 11.7. The van der Waals surface area contributed by atoms with E-state index in [2.05, 4.69) is 4.98 Å². The number of hydrogen-bond donors (Lipinski definition) is 3.